The Balaban J connectivity index is 2.09. The van der Waals surface area contributed by atoms with Crippen LogP contribution in [0, 0.1) is 11.1 Å². The van der Waals surface area contributed by atoms with Gasteiger partial charge in [-0.1, -0.05) is 26.0 Å². The molecule has 27 heavy (non-hydrogen) atoms. The fourth-order valence-corrected chi connectivity index (χ4v) is 2.73. The van der Waals surface area contributed by atoms with Gasteiger partial charge in [0.05, 0.1) is 23.1 Å². The Morgan fingerprint density at radius 2 is 1.78 bits per heavy atom. The van der Waals surface area contributed by atoms with Gasteiger partial charge < -0.3 is 15.2 Å². The third kappa shape index (κ3) is 4.15. The Kier molecular flexibility index (Phi) is 5.98. The number of hydrazine groups is 1. The molecule has 0 saturated carbocycles. The summed E-state index contributed by atoms with van der Waals surface area (Å²) < 4.78 is 0. The summed E-state index contributed by atoms with van der Waals surface area (Å²) in [7, 11) is 1.27. The maximum absolute atomic E-state index is 12.3. The van der Waals surface area contributed by atoms with Gasteiger partial charge in [0.15, 0.2) is 6.04 Å². The van der Waals surface area contributed by atoms with Crippen LogP contribution in [0.15, 0.2) is 29.5 Å². The molecule has 146 valence electrons. The minimum Gasteiger partial charge on any atom is -0.569 e. The first-order valence-corrected chi connectivity index (χ1v) is 8.41. The van der Waals surface area contributed by atoms with Crippen molar-refractivity contribution >= 4 is 17.8 Å². The second-order valence-electron chi connectivity index (χ2n) is 6.62. The van der Waals surface area contributed by atoms with Crippen molar-refractivity contribution in [1.29, 1.82) is 0 Å². The zero-order chi connectivity index (χ0) is 20.3. The van der Waals surface area contributed by atoms with E-state index in [0.717, 1.165) is 9.91 Å². The average Bonchev–Trinajstić information content (AvgIpc) is 2.87. The van der Waals surface area contributed by atoms with E-state index in [1.165, 1.54) is 26.1 Å². The summed E-state index contributed by atoms with van der Waals surface area (Å²) in [5.74, 6) is -2.23. The van der Waals surface area contributed by atoms with Gasteiger partial charge in [0.25, 0.3) is 11.8 Å². The van der Waals surface area contributed by atoms with Crippen LogP contribution < -0.4 is 0 Å². The Labute approximate surface area is 156 Å². The molecule has 0 saturated heterocycles. The number of nitrogens with zero attached hydrogens (tertiary/aromatic N) is 4. The van der Waals surface area contributed by atoms with Gasteiger partial charge in [-0.3, -0.25) is 9.59 Å². The largest absolute Gasteiger partial charge is 0.569 e. The number of hydrogen-bond acceptors (Lipinski definition) is 6. The van der Waals surface area contributed by atoms with Gasteiger partial charge in [0.2, 0.25) is 11.5 Å². The average molecular weight is 378 g/mol. The summed E-state index contributed by atoms with van der Waals surface area (Å²) >= 11 is 0. The number of imide groups is 1. The van der Waals surface area contributed by atoms with Gasteiger partial charge >= 0.3 is 5.97 Å². The molecular weight excluding hydrogens is 356 g/mol. The molecule has 0 spiro atoms. The van der Waals surface area contributed by atoms with Crippen molar-refractivity contribution in [2.24, 2.45) is 11.2 Å². The number of carbonyl (C=O) groups excluding carboxylic acids is 2. The molecule has 0 bridgehead atoms. The molecule has 1 N–H and O–H groups in total. The van der Waals surface area contributed by atoms with E-state index in [1.54, 1.807) is 12.1 Å². The molecule has 1 aliphatic heterocycles. The molecule has 2 rings (SSSR count). The summed E-state index contributed by atoms with van der Waals surface area (Å²) in [5.41, 5.74) is 0.494. The van der Waals surface area contributed by atoms with E-state index in [0.29, 0.717) is 0 Å². The molecule has 1 aromatic carbocycles. The number of carboxylic acids is 1. The van der Waals surface area contributed by atoms with E-state index in [4.69, 9.17) is 4.84 Å². The first-order chi connectivity index (χ1) is 12.6. The van der Waals surface area contributed by atoms with Gasteiger partial charge in [0.1, 0.15) is 0 Å². The number of hydrogen-bond donors (Lipinski definition) is 1. The second-order valence-corrected chi connectivity index (χ2v) is 6.62. The Bertz CT molecular complexity index is 743. The number of rotatable bonds is 8. The van der Waals surface area contributed by atoms with Crippen LogP contribution in [0.5, 0.6) is 0 Å². The van der Waals surface area contributed by atoms with Crippen molar-refractivity contribution in [1.82, 2.24) is 9.91 Å². The molecule has 10 nitrogen and oxygen atoms in total. The Hall–Kier alpha value is -3.17. The molecule has 1 unspecified atom stereocenters. The lowest BCUT2D eigenvalue weighted by Crippen LogP contribution is -2.44. The van der Waals surface area contributed by atoms with Crippen LogP contribution >= 0.6 is 0 Å². The van der Waals surface area contributed by atoms with Crippen molar-refractivity contribution in [3.05, 3.63) is 40.6 Å². The molecule has 2 atom stereocenters. The summed E-state index contributed by atoms with van der Waals surface area (Å²) in [6.45, 7) is 5.05. The molecule has 0 fully saturated rings. The van der Waals surface area contributed by atoms with Gasteiger partial charge in [-0.15, -0.1) is 5.01 Å². The van der Waals surface area contributed by atoms with E-state index in [9.17, 15) is 24.7 Å². The Morgan fingerprint density at radius 1 is 1.26 bits per heavy atom. The molecule has 0 radical (unpaired) electrons. The van der Waals surface area contributed by atoms with E-state index >= 15 is 0 Å². The number of carboxylic acid groups (broad SMARTS) is 1. The summed E-state index contributed by atoms with van der Waals surface area (Å²) in [5, 5.41) is 25.5. The minimum absolute atomic E-state index is 0.00413. The number of likely N-dealkylation sites (N-methyl/N-ethyl adjacent to an activating group) is 1. The van der Waals surface area contributed by atoms with E-state index in [2.05, 4.69) is 5.28 Å². The molecule has 1 aromatic rings. The Morgan fingerprint density at radius 3 is 2.22 bits per heavy atom. The SMILES string of the molecule is CC(C)C[C@@H](C(=O)O)N(C)[N+]([O-])=NOC(C)N1C(=O)c2ccccc2C1=O. The van der Waals surface area contributed by atoms with Crippen LogP contribution in [-0.2, 0) is 9.63 Å². The van der Waals surface area contributed by atoms with Crippen LogP contribution in [0.3, 0.4) is 0 Å². The fourth-order valence-electron chi connectivity index (χ4n) is 2.73. The molecular formula is C17H22N4O6. The van der Waals surface area contributed by atoms with Crippen molar-refractivity contribution < 1.29 is 29.3 Å². The van der Waals surface area contributed by atoms with Gasteiger partial charge in [-0.05, 0) is 31.4 Å². The standard InChI is InChI=1S/C17H22N4O6/c1-10(2)9-14(17(24)25)19(4)21(26)18-27-11(3)20-15(22)12-7-5-6-8-13(12)16(20)23/h5-8,10-11,14H,9H2,1-4H3,(H,24,25)/t11?,14-/m0/s1. The maximum atomic E-state index is 12.3. The highest BCUT2D eigenvalue weighted by atomic mass is 16.7. The highest BCUT2D eigenvalue weighted by Crippen LogP contribution is 2.24. The topological polar surface area (TPSA) is 126 Å². The second kappa shape index (κ2) is 8.02. The smallest absolute Gasteiger partial charge is 0.332 e. The molecule has 1 aliphatic rings. The third-order valence-electron chi connectivity index (χ3n) is 4.16. The van der Waals surface area contributed by atoms with Crippen LogP contribution in [-0.4, -0.2) is 57.1 Å². The van der Waals surface area contributed by atoms with Crippen molar-refractivity contribution in [3.63, 3.8) is 0 Å². The van der Waals surface area contributed by atoms with Gasteiger partial charge in [-0.2, -0.15) is 0 Å². The van der Waals surface area contributed by atoms with E-state index < -0.39 is 30.1 Å². The van der Waals surface area contributed by atoms with E-state index in [1.807, 2.05) is 13.8 Å². The summed E-state index contributed by atoms with van der Waals surface area (Å²) in [4.78, 5) is 41.9. The lowest BCUT2D eigenvalue weighted by atomic mass is 10.0. The zero-order valence-corrected chi connectivity index (χ0v) is 15.5. The first kappa shape index (κ1) is 20.1. The molecule has 1 heterocycles. The number of aliphatic carboxylic acids is 1. The third-order valence-corrected chi connectivity index (χ3v) is 4.16. The van der Waals surface area contributed by atoms with E-state index in [-0.39, 0.29) is 28.4 Å². The molecule has 2 amide bonds. The van der Waals surface area contributed by atoms with Crippen molar-refractivity contribution in [3.8, 4) is 0 Å². The van der Waals surface area contributed by atoms with Crippen LogP contribution in [0.25, 0.3) is 0 Å². The monoisotopic (exact) mass is 378 g/mol. The van der Waals surface area contributed by atoms with Crippen LogP contribution in [0.4, 0.5) is 0 Å². The summed E-state index contributed by atoms with van der Waals surface area (Å²) in [6, 6.07) is 5.23. The normalized spacial score (nSPS) is 16.3. The molecule has 0 aliphatic carbocycles. The van der Waals surface area contributed by atoms with Crippen molar-refractivity contribution in [2.75, 3.05) is 7.05 Å². The number of carbonyl (C=O) groups is 3. The van der Waals surface area contributed by atoms with Crippen molar-refractivity contribution in [2.45, 2.75) is 39.5 Å². The fraction of sp³-hybridized carbons (Fsp3) is 0.471. The lowest BCUT2D eigenvalue weighted by Gasteiger charge is -2.23. The number of fused-ring (bicyclic) bond motifs is 1. The highest BCUT2D eigenvalue weighted by Gasteiger charge is 2.40. The quantitative estimate of drug-likeness (QED) is 0.317. The maximum Gasteiger partial charge on any atom is 0.332 e. The summed E-state index contributed by atoms with van der Waals surface area (Å²) in [6.07, 6.45) is -0.913. The lowest BCUT2D eigenvalue weighted by molar-refractivity contribution is -0.712. The van der Waals surface area contributed by atoms with Crippen LogP contribution in [0.2, 0.25) is 0 Å². The number of benzene rings is 1. The predicted octanol–water partition coefficient (Wildman–Crippen LogP) is 1.87. The van der Waals surface area contributed by atoms with Crippen LogP contribution in [0.1, 0.15) is 47.9 Å². The predicted molar refractivity (Wildman–Crippen MR) is 92.2 cm³/mol. The number of amides is 2. The first-order valence-electron chi connectivity index (χ1n) is 8.41. The highest BCUT2D eigenvalue weighted by molar-refractivity contribution is 6.21. The molecule has 0 aromatic heterocycles. The molecule has 10 heteroatoms. The zero-order valence-electron chi connectivity index (χ0n) is 15.5. The minimum atomic E-state index is -1.17. The van der Waals surface area contributed by atoms with Gasteiger partial charge in [0, 0.05) is 0 Å². The van der Waals surface area contributed by atoms with Gasteiger partial charge in [-0.25, -0.2) is 9.69 Å².